The van der Waals surface area contributed by atoms with Gasteiger partial charge in [0, 0.05) is 24.5 Å². The van der Waals surface area contributed by atoms with Crippen LogP contribution in [0.5, 0.6) is 0 Å². The second kappa shape index (κ2) is 5.89. The standard InChI is InChI=1S/C17H22N2/c1-13-8-10-16(11-9-13)19(3)17-7-5-4-6-15(17)12-14(2)18/h4-11,14H,12,18H2,1-3H3. The number of anilines is 2. The molecule has 100 valence electrons. The van der Waals surface area contributed by atoms with Crippen LogP contribution in [0.4, 0.5) is 11.4 Å². The molecule has 0 amide bonds. The Morgan fingerprint density at radius 3 is 2.32 bits per heavy atom. The monoisotopic (exact) mass is 254 g/mol. The van der Waals surface area contributed by atoms with Crippen LogP contribution in [0.2, 0.25) is 0 Å². The van der Waals surface area contributed by atoms with E-state index in [1.165, 1.54) is 22.5 Å². The summed E-state index contributed by atoms with van der Waals surface area (Å²) in [5, 5.41) is 0. The topological polar surface area (TPSA) is 29.3 Å². The zero-order chi connectivity index (χ0) is 13.8. The fourth-order valence-corrected chi connectivity index (χ4v) is 2.26. The normalized spacial score (nSPS) is 12.2. The molecule has 0 radical (unpaired) electrons. The van der Waals surface area contributed by atoms with E-state index in [0.29, 0.717) is 0 Å². The minimum Gasteiger partial charge on any atom is -0.344 e. The fraction of sp³-hybridized carbons (Fsp3) is 0.294. The van der Waals surface area contributed by atoms with E-state index >= 15 is 0 Å². The molecule has 0 aliphatic carbocycles. The van der Waals surface area contributed by atoms with Crippen LogP contribution in [0, 0.1) is 6.92 Å². The van der Waals surface area contributed by atoms with Crippen LogP contribution in [-0.2, 0) is 6.42 Å². The second-order valence-corrected chi connectivity index (χ2v) is 5.20. The van der Waals surface area contributed by atoms with Gasteiger partial charge in [-0.25, -0.2) is 0 Å². The number of nitrogens with zero attached hydrogens (tertiary/aromatic N) is 1. The van der Waals surface area contributed by atoms with Crippen molar-refractivity contribution in [3.05, 3.63) is 59.7 Å². The Hall–Kier alpha value is -1.80. The van der Waals surface area contributed by atoms with Crippen LogP contribution in [-0.4, -0.2) is 13.1 Å². The molecule has 1 unspecified atom stereocenters. The molecule has 2 N–H and O–H groups in total. The molecule has 0 aliphatic rings. The SMILES string of the molecule is Cc1ccc(N(C)c2ccccc2CC(C)N)cc1. The molecule has 2 rings (SSSR count). The molecule has 0 saturated heterocycles. The van der Waals surface area contributed by atoms with Crippen LogP contribution in [0.1, 0.15) is 18.1 Å². The predicted molar refractivity (Wildman–Crippen MR) is 83.0 cm³/mol. The van der Waals surface area contributed by atoms with Crippen molar-refractivity contribution < 1.29 is 0 Å². The summed E-state index contributed by atoms with van der Waals surface area (Å²) in [6, 6.07) is 17.2. The average molecular weight is 254 g/mol. The van der Waals surface area contributed by atoms with Gasteiger partial charge in [0.25, 0.3) is 0 Å². The van der Waals surface area contributed by atoms with Crippen LogP contribution < -0.4 is 10.6 Å². The van der Waals surface area contributed by atoms with Gasteiger partial charge in [0.15, 0.2) is 0 Å². The molecule has 0 aliphatic heterocycles. The molecule has 2 nitrogen and oxygen atoms in total. The number of hydrogen-bond donors (Lipinski definition) is 1. The third kappa shape index (κ3) is 3.36. The molecule has 0 bridgehead atoms. The first-order valence-corrected chi connectivity index (χ1v) is 6.72. The van der Waals surface area contributed by atoms with Crippen molar-refractivity contribution in [3.8, 4) is 0 Å². The number of para-hydroxylation sites is 1. The van der Waals surface area contributed by atoms with E-state index in [-0.39, 0.29) is 6.04 Å². The van der Waals surface area contributed by atoms with E-state index in [2.05, 4.69) is 67.4 Å². The Morgan fingerprint density at radius 1 is 1.05 bits per heavy atom. The highest BCUT2D eigenvalue weighted by molar-refractivity contribution is 5.66. The summed E-state index contributed by atoms with van der Waals surface area (Å²) >= 11 is 0. The summed E-state index contributed by atoms with van der Waals surface area (Å²) in [6.07, 6.45) is 0.895. The lowest BCUT2D eigenvalue weighted by Crippen LogP contribution is -2.20. The summed E-state index contributed by atoms with van der Waals surface area (Å²) < 4.78 is 0. The zero-order valence-electron chi connectivity index (χ0n) is 11.9. The van der Waals surface area contributed by atoms with E-state index < -0.39 is 0 Å². The van der Waals surface area contributed by atoms with Gasteiger partial charge in [-0.2, -0.15) is 0 Å². The highest BCUT2D eigenvalue weighted by Crippen LogP contribution is 2.27. The minimum absolute atomic E-state index is 0.174. The molecular weight excluding hydrogens is 232 g/mol. The lowest BCUT2D eigenvalue weighted by atomic mass is 10.0. The van der Waals surface area contributed by atoms with Gasteiger partial charge in [0.1, 0.15) is 0 Å². The van der Waals surface area contributed by atoms with Gasteiger partial charge in [-0.3, -0.25) is 0 Å². The largest absolute Gasteiger partial charge is 0.344 e. The molecule has 0 fully saturated rings. The second-order valence-electron chi connectivity index (χ2n) is 5.20. The van der Waals surface area contributed by atoms with Crippen LogP contribution in [0.15, 0.2) is 48.5 Å². The van der Waals surface area contributed by atoms with E-state index in [4.69, 9.17) is 5.73 Å². The number of rotatable bonds is 4. The van der Waals surface area contributed by atoms with E-state index in [1.54, 1.807) is 0 Å². The molecule has 1 atom stereocenters. The summed E-state index contributed by atoms with van der Waals surface area (Å²) in [7, 11) is 2.10. The van der Waals surface area contributed by atoms with Crippen molar-refractivity contribution in [2.45, 2.75) is 26.3 Å². The summed E-state index contributed by atoms with van der Waals surface area (Å²) in [6.45, 7) is 4.15. The molecule has 0 heterocycles. The van der Waals surface area contributed by atoms with Gasteiger partial charge >= 0.3 is 0 Å². The molecule has 19 heavy (non-hydrogen) atoms. The van der Waals surface area contributed by atoms with Gasteiger partial charge in [-0.05, 0) is 44.0 Å². The highest BCUT2D eigenvalue weighted by Gasteiger charge is 2.09. The average Bonchev–Trinajstić information content (AvgIpc) is 2.39. The molecule has 2 aromatic carbocycles. The lowest BCUT2D eigenvalue weighted by molar-refractivity contribution is 0.737. The van der Waals surface area contributed by atoms with E-state index in [1.807, 2.05) is 6.92 Å². The van der Waals surface area contributed by atoms with Crippen molar-refractivity contribution in [2.24, 2.45) is 5.73 Å². The Kier molecular flexibility index (Phi) is 4.23. The minimum atomic E-state index is 0.174. The van der Waals surface area contributed by atoms with Gasteiger partial charge in [0.05, 0.1) is 0 Å². The number of benzene rings is 2. The fourth-order valence-electron chi connectivity index (χ4n) is 2.26. The first-order valence-electron chi connectivity index (χ1n) is 6.72. The molecule has 0 saturated carbocycles. The van der Waals surface area contributed by atoms with Gasteiger partial charge < -0.3 is 10.6 Å². The van der Waals surface area contributed by atoms with Crippen LogP contribution in [0.25, 0.3) is 0 Å². The summed E-state index contributed by atoms with van der Waals surface area (Å²) in [5.74, 6) is 0. The van der Waals surface area contributed by atoms with Crippen LogP contribution >= 0.6 is 0 Å². The number of hydrogen-bond acceptors (Lipinski definition) is 2. The zero-order valence-corrected chi connectivity index (χ0v) is 11.9. The van der Waals surface area contributed by atoms with Crippen molar-refractivity contribution in [2.75, 3.05) is 11.9 Å². The Bertz CT molecular complexity index is 529. The highest BCUT2D eigenvalue weighted by atomic mass is 15.1. The number of aryl methyl sites for hydroxylation is 1. The Labute approximate surface area is 115 Å². The smallest absolute Gasteiger partial charge is 0.0441 e. The summed E-state index contributed by atoms with van der Waals surface area (Å²) in [4.78, 5) is 2.22. The number of nitrogens with two attached hydrogens (primary N) is 1. The molecule has 0 aromatic heterocycles. The first kappa shape index (κ1) is 13.6. The maximum atomic E-state index is 5.93. The van der Waals surface area contributed by atoms with Crippen molar-refractivity contribution in [1.82, 2.24) is 0 Å². The molecule has 0 spiro atoms. The van der Waals surface area contributed by atoms with E-state index in [0.717, 1.165) is 6.42 Å². The van der Waals surface area contributed by atoms with Gasteiger partial charge in [-0.1, -0.05) is 35.9 Å². The molecule has 2 heteroatoms. The Morgan fingerprint density at radius 2 is 1.68 bits per heavy atom. The predicted octanol–water partition coefficient (Wildman–Crippen LogP) is 3.65. The maximum absolute atomic E-state index is 5.93. The third-order valence-electron chi connectivity index (χ3n) is 3.32. The van der Waals surface area contributed by atoms with Gasteiger partial charge in [0.2, 0.25) is 0 Å². The first-order chi connectivity index (χ1) is 9.08. The van der Waals surface area contributed by atoms with Crippen molar-refractivity contribution >= 4 is 11.4 Å². The molecular formula is C17H22N2. The van der Waals surface area contributed by atoms with Crippen molar-refractivity contribution in [3.63, 3.8) is 0 Å². The van der Waals surface area contributed by atoms with Crippen molar-refractivity contribution in [1.29, 1.82) is 0 Å². The van der Waals surface area contributed by atoms with Gasteiger partial charge in [-0.15, -0.1) is 0 Å². The van der Waals surface area contributed by atoms with E-state index in [9.17, 15) is 0 Å². The maximum Gasteiger partial charge on any atom is 0.0441 e. The Balaban J connectivity index is 2.32. The lowest BCUT2D eigenvalue weighted by Gasteiger charge is -2.23. The summed E-state index contributed by atoms with van der Waals surface area (Å²) in [5.41, 5.74) is 10.9. The van der Waals surface area contributed by atoms with Crippen LogP contribution in [0.3, 0.4) is 0 Å². The third-order valence-corrected chi connectivity index (χ3v) is 3.32. The quantitative estimate of drug-likeness (QED) is 0.902. The molecule has 2 aromatic rings.